The van der Waals surface area contributed by atoms with Crippen LogP contribution in [0.3, 0.4) is 0 Å². The molecular weight excluding hydrogens is 286 g/mol. The highest BCUT2D eigenvalue weighted by molar-refractivity contribution is 5.85. The summed E-state index contributed by atoms with van der Waals surface area (Å²) < 4.78 is 0. The van der Waals surface area contributed by atoms with Crippen molar-refractivity contribution in [3.8, 4) is 0 Å². The van der Waals surface area contributed by atoms with E-state index in [1.807, 2.05) is 0 Å². The third kappa shape index (κ3) is 4.11. The van der Waals surface area contributed by atoms with E-state index in [4.69, 9.17) is 0 Å². The lowest BCUT2D eigenvalue weighted by Crippen LogP contribution is -2.52. The first kappa shape index (κ1) is 17.0. The number of fused-ring (bicyclic) bond motifs is 1. The number of amides is 1. The molecule has 0 aromatic heterocycles. The van der Waals surface area contributed by atoms with Gasteiger partial charge in [-0.25, -0.2) is 0 Å². The molecule has 3 unspecified atom stereocenters. The zero-order valence-electron chi connectivity index (χ0n) is 13.1. The van der Waals surface area contributed by atoms with E-state index in [1.165, 1.54) is 45.1 Å². The van der Waals surface area contributed by atoms with Gasteiger partial charge in [0.05, 0.1) is 6.04 Å². The second-order valence-corrected chi connectivity index (χ2v) is 6.98. The first-order chi connectivity index (χ1) is 9.74. The van der Waals surface area contributed by atoms with E-state index in [2.05, 4.69) is 22.5 Å². The van der Waals surface area contributed by atoms with Crippen LogP contribution in [0.5, 0.6) is 0 Å². The van der Waals surface area contributed by atoms with E-state index < -0.39 is 0 Å². The highest BCUT2D eigenvalue weighted by Crippen LogP contribution is 2.27. The van der Waals surface area contributed by atoms with Gasteiger partial charge >= 0.3 is 0 Å². The Balaban J connectivity index is 0.00000161. The Morgan fingerprint density at radius 2 is 1.86 bits per heavy atom. The molecule has 3 rings (SSSR count). The molecule has 21 heavy (non-hydrogen) atoms. The van der Waals surface area contributed by atoms with Crippen molar-refractivity contribution in [3.05, 3.63) is 0 Å². The van der Waals surface area contributed by atoms with Gasteiger partial charge in [-0.2, -0.15) is 0 Å². The number of nitrogens with zero attached hydrogens (tertiary/aromatic N) is 1. The van der Waals surface area contributed by atoms with Crippen molar-refractivity contribution in [1.82, 2.24) is 15.5 Å². The third-order valence-electron chi connectivity index (χ3n) is 5.61. The molecule has 0 bridgehead atoms. The number of carbonyl (C=O) groups excluding carboxylic acids is 1. The summed E-state index contributed by atoms with van der Waals surface area (Å²) in [4.78, 5) is 14.8. The predicted molar refractivity (Wildman–Crippen MR) is 87.8 cm³/mol. The Labute approximate surface area is 134 Å². The number of likely N-dealkylation sites (tertiary alicyclic amines) is 1. The molecule has 2 heterocycles. The minimum atomic E-state index is 0. The predicted octanol–water partition coefficient (Wildman–Crippen LogP) is 1.79. The van der Waals surface area contributed by atoms with Gasteiger partial charge in [0.25, 0.3) is 0 Å². The van der Waals surface area contributed by atoms with Gasteiger partial charge in [-0.1, -0.05) is 19.3 Å². The normalized spacial score (nSPS) is 32.0. The lowest BCUT2D eigenvalue weighted by molar-refractivity contribution is -0.127. The maximum atomic E-state index is 12.4. The highest BCUT2D eigenvalue weighted by atomic mass is 35.5. The van der Waals surface area contributed by atoms with E-state index in [0.29, 0.717) is 6.04 Å². The summed E-state index contributed by atoms with van der Waals surface area (Å²) in [5.74, 6) is 1.86. The van der Waals surface area contributed by atoms with E-state index in [-0.39, 0.29) is 24.4 Å². The monoisotopic (exact) mass is 315 g/mol. The van der Waals surface area contributed by atoms with Gasteiger partial charge in [0.2, 0.25) is 5.91 Å². The van der Waals surface area contributed by atoms with Crippen LogP contribution in [0.4, 0.5) is 0 Å². The van der Waals surface area contributed by atoms with E-state index in [9.17, 15) is 4.79 Å². The van der Waals surface area contributed by atoms with Crippen LogP contribution in [0.1, 0.15) is 45.4 Å². The average Bonchev–Trinajstić information content (AvgIpc) is 2.94. The van der Waals surface area contributed by atoms with Gasteiger partial charge in [0, 0.05) is 12.6 Å². The van der Waals surface area contributed by atoms with Crippen molar-refractivity contribution in [2.75, 3.05) is 26.2 Å². The molecule has 0 spiro atoms. The summed E-state index contributed by atoms with van der Waals surface area (Å²) in [5.41, 5.74) is 0. The molecule has 0 aromatic carbocycles. The lowest BCUT2D eigenvalue weighted by atomic mass is 9.88. The van der Waals surface area contributed by atoms with Crippen molar-refractivity contribution in [2.45, 2.75) is 57.5 Å². The number of hydrogen-bond acceptors (Lipinski definition) is 3. The van der Waals surface area contributed by atoms with Crippen LogP contribution in [0, 0.1) is 11.8 Å². The molecule has 1 aliphatic carbocycles. The third-order valence-corrected chi connectivity index (χ3v) is 5.61. The smallest absolute Gasteiger partial charge is 0.237 e. The largest absolute Gasteiger partial charge is 0.352 e. The van der Waals surface area contributed by atoms with Crippen molar-refractivity contribution in [1.29, 1.82) is 0 Å². The number of nitrogens with one attached hydrogen (secondary N) is 2. The zero-order chi connectivity index (χ0) is 13.9. The minimum absolute atomic E-state index is 0. The summed E-state index contributed by atoms with van der Waals surface area (Å²) in [6.07, 6.45) is 7.49. The minimum Gasteiger partial charge on any atom is -0.352 e. The molecule has 0 radical (unpaired) electrons. The average molecular weight is 316 g/mol. The maximum absolute atomic E-state index is 12.4. The van der Waals surface area contributed by atoms with E-state index >= 15 is 0 Å². The van der Waals surface area contributed by atoms with Crippen molar-refractivity contribution >= 4 is 18.3 Å². The van der Waals surface area contributed by atoms with Crippen LogP contribution in [0.15, 0.2) is 0 Å². The van der Waals surface area contributed by atoms with Crippen LogP contribution in [0.25, 0.3) is 0 Å². The molecule has 1 amide bonds. The molecule has 3 fully saturated rings. The number of carbonyl (C=O) groups is 1. The molecule has 2 aliphatic heterocycles. The number of hydrogen-bond donors (Lipinski definition) is 2. The second kappa shape index (κ2) is 7.80. The zero-order valence-corrected chi connectivity index (χ0v) is 14.0. The van der Waals surface area contributed by atoms with Gasteiger partial charge in [-0.05, 0) is 57.7 Å². The number of halogens is 1. The van der Waals surface area contributed by atoms with Gasteiger partial charge < -0.3 is 10.6 Å². The van der Waals surface area contributed by atoms with Gasteiger partial charge in [0.15, 0.2) is 0 Å². The molecular formula is C16H30ClN3O. The second-order valence-electron chi connectivity index (χ2n) is 6.98. The fraction of sp³-hybridized carbons (Fsp3) is 0.938. The molecule has 122 valence electrons. The Morgan fingerprint density at radius 1 is 1.14 bits per heavy atom. The standard InChI is InChI=1S/C16H29N3O.ClH/c1-12(16(20)18-15-5-3-2-4-6-15)19-8-7-13-9-17-10-14(13)11-19;/h12-15,17H,2-11H2,1H3,(H,18,20);1H. The van der Waals surface area contributed by atoms with Crippen molar-refractivity contribution in [2.24, 2.45) is 11.8 Å². The summed E-state index contributed by atoms with van der Waals surface area (Å²) in [5, 5.41) is 6.77. The Morgan fingerprint density at radius 3 is 2.62 bits per heavy atom. The lowest BCUT2D eigenvalue weighted by Gasteiger charge is -2.38. The summed E-state index contributed by atoms with van der Waals surface area (Å²) in [6.45, 7) is 6.58. The fourth-order valence-electron chi connectivity index (χ4n) is 4.15. The summed E-state index contributed by atoms with van der Waals surface area (Å²) in [6, 6.07) is 0.475. The molecule has 2 saturated heterocycles. The summed E-state index contributed by atoms with van der Waals surface area (Å²) in [7, 11) is 0. The van der Waals surface area contributed by atoms with Crippen LogP contribution in [0.2, 0.25) is 0 Å². The molecule has 3 atom stereocenters. The Kier molecular flexibility index (Phi) is 6.33. The molecule has 2 N–H and O–H groups in total. The van der Waals surface area contributed by atoms with Crippen molar-refractivity contribution < 1.29 is 4.79 Å². The molecule has 0 aromatic rings. The first-order valence-electron chi connectivity index (χ1n) is 8.49. The SMILES string of the molecule is CC(C(=O)NC1CCCCC1)N1CCC2CNCC2C1.Cl. The Bertz CT molecular complexity index is 346. The van der Waals surface area contributed by atoms with E-state index in [0.717, 1.165) is 31.5 Å². The molecule has 3 aliphatic rings. The topological polar surface area (TPSA) is 44.4 Å². The summed E-state index contributed by atoms with van der Waals surface area (Å²) >= 11 is 0. The maximum Gasteiger partial charge on any atom is 0.237 e. The van der Waals surface area contributed by atoms with Crippen LogP contribution >= 0.6 is 12.4 Å². The van der Waals surface area contributed by atoms with Crippen LogP contribution in [-0.4, -0.2) is 49.1 Å². The van der Waals surface area contributed by atoms with Crippen molar-refractivity contribution in [3.63, 3.8) is 0 Å². The quantitative estimate of drug-likeness (QED) is 0.834. The molecule has 4 nitrogen and oxygen atoms in total. The van der Waals surface area contributed by atoms with Gasteiger partial charge in [-0.15, -0.1) is 12.4 Å². The molecule has 1 saturated carbocycles. The molecule has 5 heteroatoms. The number of piperidine rings is 1. The fourth-order valence-corrected chi connectivity index (χ4v) is 4.15. The van der Waals surface area contributed by atoms with Crippen LogP contribution in [-0.2, 0) is 4.79 Å². The van der Waals surface area contributed by atoms with Crippen LogP contribution < -0.4 is 10.6 Å². The van der Waals surface area contributed by atoms with Gasteiger partial charge in [-0.3, -0.25) is 9.69 Å². The number of rotatable bonds is 3. The first-order valence-corrected chi connectivity index (χ1v) is 8.49. The Hall–Kier alpha value is -0.320. The highest BCUT2D eigenvalue weighted by Gasteiger charge is 2.36. The van der Waals surface area contributed by atoms with E-state index in [1.54, 1.807) is 0 Å². The van der Waals surface area contributed by atoms with Gasteiger partial charge in [0.1, 0.15) is 0 Å².